The lowest BCUT2D eigenvalue weighted by molar-refractivity contribution is 0.803. The number of pyridine rings is 1. The van der Waals surface area contributed by atoms with Gasteiger partial charge in [-0.2, -0.15) is 5.10 Å². The summed E-state index contributed by atoms with van der Waals surface area (Å²) < 4.78 is 1.78. The predicted molar refractivity (Wildman–Crippen MR) is 104 cm³/mol. The molecule has 132 valence electrons. The quantitative estimate of drug-likeness (QED) is 0.613. The molecule has 0 fully saturated rings. The van der Waals surface area contributed by atoms with E-state index in [1.165, 1.54) is 0 Å². The van der Waals surface area contributed by atoms with Crippen molar-refractivity contribution >= 4 is 12.2 Å². The zero-order valence-electron chi connectivity index (χ0n) is 14.9. The zero-order valence-corrected chi connectivity index (χ0v) is 14.9. The molecule has 0 unspecified atom stereocenters. The normalized spacial score (nSPS) is 12.9. The summed E-state index contributed by atoms with van der Waals surface area (Å²) in [5.41, 5.74) is 5.90. The van der Waals surface area contributed by atoms with E-state index < -0.39 is 0 Å². The number of aromatic amines is 1. The van der Waals surface area contributed by atoms with E-state index >= 15 is 0 Å². The molecule has 1 aromatic carbocycles. The Hall–Kier alpha value is -3.54. The first-order valence-electron chi connectivity index (χ1n) is 8.99. The van der Waals surface area contributed by atoms with E-state index in [1.54, 1.807) is 4.68 Å². The van der Waals surface area contributed by atoms with Crippen molar-refractivity contribution in [3.63, 3.8) is 0 Å². The van der Waals surface area contributed by atoms with Crippen LogP contribution < -0.4 is 10.6 Å². The average molecular weight is 354 g/mol. The van der Waals surface area contributed by atoms with Gasteiger partial charge in [0, 0.05) is 17.1 Å². The lowest BCUT2D eigenvalue weighted by Crippen LogP contribution is -2.25. The molecule has 0 saturated heterocycles. The topological polar surface area (TPSA) is 72.3 Å². The van der Waals surface area contributed by atoms with E-state index in [2.05, 4.69) is 55.8 Å². The van der Waals surface area contributed by atoms with Gasteiger partial charge in [-0.25, -0.2) is 4.68 Å². The van der Waals surface area contributed by atoms with Crippen molar-refractivity contribution in [2.75, 3.05) is 0 Å². The molecule has 0 radical (unpaired) electrons. The molecule has 27 heavy (non-hydrogen) atoms. The lowest BCUT2D eigenvalue weighted by Gasteiger charge is -2.04. The van der Waals surface area contributed by atoms with Gasteiger partial charge in [-0.1, -0.05) is 29.5 Å². The maximum atomic E-state index is 4.43. The largest absolute Gasteiger partial charge is 0.277 e. The van der Waals surface area contributed by atoms with Crippen molar-refractivity contribution < 1.29 is 0 Å². The standard InChI is InChI=1S/C21H18N6/c1-14-12-16(10-11-22-14)15-6-8-17(9-7-15)27-13-20(24-26-27)21-18-4-2-3-5-19(18)23-25-21/h4-13,23H,2-3H2,1H3. The maximum Gasteiger partial charge on any atom is 0.134 e. The second-order valence-corrected chi connectivity index (χ2v) is 6.67. The molecule has 3 aromatic heterocycles. The van der Waals surface area contributed by atoms with Crippen molar-refractivity contribution in [2.24, 2.45) is 0 Å². The summed E-state index contributed by atoms with van der Waals surface area (Å²) >= 11 is 0. The van der Waals surface area contributed by atoms with Crippen LogP contribution in [0.3, 0.4) is 0 Å². The van der Waals surface area contributed by atoms with Crippen molar-refractivity contribution in [2.45, 2.75) is 19.8 Å². The van der Waals surface area contributed by atoms with Crippen molar-refractivity contribution in [1.82, 2.24) is 30.2 Å². The van der Waals surface area contributed by atoms with Gasteiger partial charge < -0.3 is 0 Å². The Morgan fingerprint density at radius 3 is 2.70 bits per heavy atom. The van der Waals surface area contributed by atoms with E-state index in [-0.39, 0.29) is 0 Å². The van der Waals surface area contributed by atoms with E-state index in [1.807, 2.05) is 37.5 Å². The number of aryl methyl sites for hydroxylation is 1. The summed E-state index contributed by atoms with van der Waals surface area (Å²) in [7, 11) is 0. The highest BCUT2D eigenvalue weighted by molar-refractivity contribution is 5.65. The number of aromatic nitrogens is 6. The number of benzene rings is 1. The summed E-state index contributed by atoms with van der Waals surface area (Å²) in [6, 6.07) is 12.4. The number of hydrogen-bond donors (Lipinski definition) is 1. The van der Waals surface area contributed by atoms with Gasteiger partial charge in [0.05, 0.1) is 17.2 Å². The zero-order chi connectivity index (χ0) is 18.2. The summed E-state index contributed by atoms with van der Waals surface area (Å²) in [6.45, 7) is 2.00. The minimum Gasteiger partial charge on any atom is -0.277 e. The molecule has 1 aliphatic rings. The van der Waals surface area contributed by atoms with Gasteiger partial charge >= 0.3 is 0 Å². The van der Waals surface area contributed by atoms with Crippen LogP contribution in [0.4, 0.5) is 0 Å². The van der Waals surface area contributed by atoms with Crippen LogP contribution in [0.15, 0.2) is 48.8 Å². The molecule has 0 aliphatic heterocycles. The minimum atomic E-state index is 0.771. The first-order chi connectivity index (χ1) is 13.3. The Balaban J connectivity index is 1.48. The van der Waals surface area contributed by atoms with Gasteiger partial charge in [-0.3, -0.25) is 10.1 Å². The van der Waals surface area contributed by atoms with Crippen molar-refractivity contribution in [3.05, 3.63) is 65.1 Å². The molecule has 5 rings (SSSR count). The molecule has 0 atom stereocenters. The molecular weight excluding hydrogens is 336 g/mol. The van der Waals surface area contributed by atoms with Crippen molar-refractivity contribution in [3.8, 4) is 28.2 Å². The Morgan fingerprint density at radius 1 is 1.00 bits per heavy atom. The SMILES string of the molecule is Cc1cc(-c2ccc(-n3cc(-c4n[nH]c5c4=CCCC=5)nn3)cc2)ccn1. The van der Waals surface area contributed by atoms with Gasteiger partial charge in [-0.05, 0) is 55.2 Å². The molecule has 0 amide bonds. The molecule has 6 heteroatoms. The first-order valence-corrected chi connectivity index (χ1v) is 8.99. The number of rotatable bonds is 3. The number of fused-ring (bicyclic) bond motifs is 1. The molecule has 6 nitrogen and oxygen atoms in total. The smallest absolute Gasteiger partial charge is 0.134 e. The third kappa shape index (κ3) is 2.85. The van der Waals surface area contributed by atoms with Crippen LogP contribution >= 0.6 is 0 Å². The lowest BCUT2D eigenvalue weighted by atomic mass is 10.1. The number of nitrogens with zero attached hydrogens (tertiary/aromatic N) is 5. The Kier molecular flexibility index (Phi) is 3.67. The third-order valence-electron chi connectivity index (χ3n) is 4.79. The Labute approximate surface area is 155 Å². The first kappa shape index (κ1) is 15.7. The summed E-state index contributed by atoms with van der Waals surface area (Å²) in [5.74, 6) is 0. The minimum absolute atomic E-state index is 0.771. The fourth-order valence-corrected chi connectivity index (χ4v) is 3.41. The Bertz CT molecular complexity index is 1230. The Morgan fingerprint density at radius 2 is 1.85 bits per heavy atom. The van der Waals surface area contributed by atoms with Gasteiger partial charge in [0.15, 0.2) is 0 Å². The van der Waals surface area contributed by atoms with Crippen LogP contribution in [0.1, 0.15) is 18.5 Å². The molecule has 0 spiro atoms. The molecular formula is C21H18N6. The summed E-state index contributed by atoms with van der Waals surface area (Å²) in [5, 5.41) is 18.3. The molecule has 0 saturated carbocycles. The van der Waals surface area contributed by atoms with E-state index in [0.717, 1.165) is 57.3 Å². The summed E-state index contributed by atoms with van der Waals surface area (Å²) in [4.78, 5) is 4.25. The molecule has 4 aromatic rings. The predicted octanol–water partition coefficient (Wildman–Crippen LogP) is 2.38. The number of nitrogens with one attached hydrogen (secondary N) is 1. The van der Waals surface area contributed by atoms with Crippen LogP contribution in [-0.2, 0) is 0 Å². The van der Waals surface area contributed by atoms with Gasteiger partial charge in [0.2, 0.25) is 0 Å². The molecule has 1 N–H and O–H groups in total. The molecule has 1 aliphatic carbocycles. The van der Waals surface area contributed by atoms with Crippen LogP contribution in [0.2, 0.25) is 0 Å². The van der Waals surface area contributed by atoms with Crippen LogP contribution in [0, 0.1) is 6.92 Å². The van der Waals surface area contributed by atoms with E-state index in [9.17, 15) is 0 Å². The van der Waals surface area contributed by atoms with Crippen molar-refractivity contribution in [1.29, 1.82) is 0 Å². The second kappa shape index (κ2) is 6.32. The van der Waals surface area contributed by atoms with Crippen LogP contribution in [0.5, 0.6) is 0 Å². The monoisotopic (exact) mass is 354 g/mol. The van der Waals surface area contributed by atoms with E-state index in [0.29, 0.717) is 0 Å². The van der Waals surface area contributed by atoms with E-state index in [4.69, 9.17) is 0 Å². The van der Waals surface area contributed by atoms with Crippen LogP contribution in [-0.4, -0.2) is 30.2 Å². The van der Waals surface area contributed by atoms with Gasteiger partial charge in [-0.15, -0.1) is 5.10 Å². The average Bonchev–Trinajstić information content (AvgIpc) is 3.35. The molecule has 0 bridgehead atoms. The summed E-state index contributed by atoms with van der Waals surface area (Å²) in [6.07, 6.45) is 10.2. The maximum absolute atomic E-state index is 4.43. The van der Waals surface area contributed by atoms with Gasteiger partial charge in [0.1, 0.15) is 11.4 Å². The highest BCUT2D eigenvalue weighted by Crippen LogP contribution is 2.21. The third-order valence-corrected chi connectivity index (χ3v) is 4.79. The molecule has 3 heterocycles. The fourth-order valence-electron chi connectivity index (χ4n) is 3.41. The number of H-pyrrole nitrogens is 1. The van der Waals surface area contributed by atoms with Gasteiger partial charge in [0.25, 0.3) is 0 Å². The highest BCUT2D eigenvalue weighted by Gasteiger charge is 2.12. The number of hydrogen-bond acceptors (Lipinski definition) is 4. The highest BCUT2D eigenvalue weighted by atomic mass is 15.4. The van der Waals surface area contributed by atoms with Crippen LogP contribution in [0.25, 0.3) is 40.4 Å². The fraction of sp³-hybridized carbons (Fsp3) is 0.143. The second-order valence-electron chi connectivity index (χ2n) is 6.67.